The van der Waals surface area contributed by atoms with Gasteiger partial charge in [0.15, 0.2) is 0 Å². The lowest BCUT2D eigenvalue weighted by Crippen LogP contribution is -2.12. The lowest BCUT2D eigenvalue weighted by atomic mass is 10.3. The molecule has 0 saturated heterocycles. The van der Waals surface area contributed by atoms with Crippen molar-refractivity contribution in [2.75, 3.05) is 4.72 Å². The molecule has 1 aromatic carbocycles. The maximum absolute atomic E-state index is 13.2. The van der Waals surface area contributed by atoms with E-state index in [0.29, 0.717) is 5.76 Å². The summed E-state index contributed by atoms with van der Waals surface area (Å²) in [7, 11) is -3.91. The Labute approximate surface area is 114 Å². The minimum absolute atomic E-state index is 0.0487. The monoisotopic (exact) mass is 304 g/mol. The molecule has 3 N–H and O–H groups in total. The first-order valence-corrected chi connectivity index (χ1v) is 7.05. The summed E-state index contributed by atoms with van der Waals surface area (Å²) in [4.78, 5) is 0. The standard InChI is InChI=1S/C11H10ClFN2O3S/c12-9-3-1-7(5-10(9)13)15-19(16,17)11-4-2-8(6-14)18-11/h1-5,15H,6,14H2. The molecule has 0 aliphatic rings. The van der Waals surface area contributed by atoms with E-state index in [1.54, 1.807) is 0 Å². The van der Waals surface area contributed by atoms with E-state index >= 15 is 0 Å². The number of halogens is 2. The van der Waals surface area contributed by atoms with Gasteiger partial charge in [-0.15, -0.1) is 0 Å². The molecule has 102 valence electrons. The van der Waals surface area contributed by atoms with Crippen molar-refractivity contribution in [1.29, 1.82) is 0 Å². The molecule has 0 aliphatic heterocycles. The molecule has 0 saturated carbocycles. The molecule has 8 heteroatoms. The summed E-state index contributed by atoms with van der Waals surface area (Å²) in [5.41, 5.74) is 5.37. The molecule has 0 radical (unpaired) electrons. The second kappa shape index (κ2) is 5.20. The topological polar surface area (TPSA) is 85.3 Å². The SMILES string of the molecule is NCc1ccc(S(=O)(=O)Nc2ccc(Cl)c(F)c2)o1. The Balaban J connectivity index is 2.28. The number of hydrogen-bond acceptors (Lipinski definition) is 4. The first-order valence-electron chi connectivity index (χ1n) is 5.19. The molecule has 5 nitrogen and oxygen atoms in total. The van der Waals surface area contributed by atoms with Crippen molar-refractivity contribution in [3.05, 3.63) is 46.9 Å². The Morgan fingerprint density at radius 3 is 2.63 bits per heavy atom. The lowest BCUT2D eigenvalue weighted by Gasteiger charge is -2.06. The second-order valence-electron chi connectivity index (χ2n) is 3.66. The van der Waals surface area contributed by atoms with Crippen LogP contribution in [0.3, 0.4) is 0 Å². The molecular formula is C11H10ClFN2O3S. The maximum Gasteiger partial charge on any atom is 0.295 e. The van der Waals surface area contributed by atoms with Gasteiger partial charge in [0.05, 0.1) is 17.3 Å². The third-order valence-corrected chi connectivity index (χ3v) is 3.83. The van der Waals surface area contributed by atoms with Crippen LogP contribution in [0.4, 0.5) is 10.1 Å². The predicted octanol–water partition coefficient (Wildman–Crippen LogP) is 2.33. The fourth-order valence-corrected chi connectivity index (χ4v) is 2.50. The molecule has 0 fully saturated rings. The molecular weight excluding hydrogens is 295 g/mol. The summed E-state index contributed by atoms with van der Waals surface area (Å²) >= 11 is 5.51. The van der Waals surface area contributed by atoms with Crippen LogP contribution in [0.5, 0.6) is 0 Å². The van der Waals surface area contributed by atoms with Crippen molar-refractivity contribution in [3.8, 4) is 0 Å². The highest BCUT2D eigenvalue weighted by Gasteiger charge is 2.19. The summed E-state index contributed by atoms with van der Waals surface area (Å²) in [6, 6.07) is 6.30. The Kier molecular flexibility index (Phi) is 3.79. The van der Waals surface area contributed by atoms with Crippen molar-refractivity contribution in [3.63, 3.8) is 0 Å². The zero-order valence-electron chi connectivity index (χ0n) is 9.56. The summed E-state index contributed by atoms with van der Waals surface area (Å²) in [6.07, 6.45) is 0. The van der Waals surface area contributed by atoms with Crippen LogP contribution in [0, 0.1) is 5.82 Å². The normalized spacial score (nSPS) is 11.5. The molecule has 2 aromatic rings. The predicted molar refractivity (Wildman–Crippen MR) is 68.8 cm³/mol. The van der Waals surface area contributed by atoms with Gasteiger partial charge < -0.3 is 10.2 Å². The van der Waals surface area contributed by atoms with E-state index in [1.165, 1.54) is 24.3 Å². The van der Waals surface area contributed by atoms with Crippen molar-refractivity contribution in [2.45, 2.75) is 11.6 Å². The summed E-state index contributed by atoms with van der Waals surface area (Å²) in [5, 5.41) is -0.380. The van der Waals surface area contributed by atoms with E-state index in [0.717, 1.165) is 6.07 Å². The molecule has 1 heterocycles. The van der Waals surface area contributed by atoms with E-state index in [-0.39, 0.29) is 22.3 Å². The largest absolute Gasteiger partial charge is 0.446 e. The van der Waals surface area contributed by atoms with Crippen LogP contribution in [0.1, 0.15) is 5.76 Å². The van der Waals surface area contributed by atoms with Gasteiger partial charge in [-0.25, -0.2) is 4.39 Å². The average molecular weight is 305 g/mol. The van der Waals surface area contributed by atoms with Gasteiger partial charge in [0.2, 0.25) is 5.09 Å². The van der Waals surface area contributed by atoms with Gasteiger partial charge in [-0.1, -0.05) is 11.6 Å². The van der Waals surface area contributed by atoms with E-state index in [9.17, 15) is 12.8 Å². The minimum atomic E-state index is -3.91. The van der Waals surface area contributed by atoms with Gasteiger partial charge in [-0.05, 0) is 30.3 Å². The number of hydrogen-bond donors (Lipinski definition) is 2. The number of nitrogens with two attached hydrogens (primary N) is 1. The Bertz CT molecular complexity index is 700. The van der Waals surface area contributed by atoms with Crippen LogP contribution in [0.15, 0.2) is 39.8 Å². The number of nitrogens with one attached hydrogen (secondary N) is 1. The number of anilines is 1. The molecule has 19 heavy (non-hydrogen) atoms. The van der Waals surface area contributed by atoms with Crippen LogP contribution in [-0.4, -0.2) is 8.42 Å². The first-order chi connectivity index (χ1) is 8.92. The highest BCUT2D eigenvalue weighted by molar-refractivity contribution is 7.92. The fraction of sp³-hybridized carbons (Fsp3) is 0.0909. The molecule has 0 aliphatic carbocycles. The molecule has 1 aromatic heterocycles. The van der Waals surface area contributed by atoms with Crippen molar-refractivity contribution >= 4 is 27.3 Å². The van der Waals surface area contributed by atoms with Crippen LogP contribution in [-0.2, 0) is 16.6 Å². The molecule has 0 atom stereocenters. The fourth-order valence-electron chi connectivity index (χ4n) is 1.38. The van der Waals surface area contributed by atoms with Gasteiger partial charge >= 0.3 is 0 Å². The molecule has 0 amide bonds. The molecule has 0 unspecified atom stereocenters. The lowest BCUT2D eigenvalue weighted by molar-refractivity contribution is 0.417. The number of furan rings is 1. The van der Waals surface area contributed by atoms with Gasteiger partial charge in [0.25, 0.3) is 10.0 Å². The van der Waals surface area contributed by atoms with E-state index < -0.39 is 15.8 Å². The van der Waals surface area contributed by atoms with Gasteiger partial charge in [0.1, 0.15) is 11.6 Å². The summed E-state index contributed by atoms with van der Waals surface area (Å²) < 4.78 is 44.3. The molecule has 0 spiro atoms. The van der Waals surface area contributed by atoms with Crippen LogP contribution < -0.4 is 10.5 Å². The summed E-state index contributed by atoms with van der Waals surface area (Å²) in [6.45, 7) is 0.0884. The Morgan fingerprint density at radius 1 is 1.32 bits per heavy atom. The minimum Gasteiger partial charge on any atom is -0.446 e. The number of sulfonamides is 1. The Morgan fingerprint density at radius 2 is 2.05 bits per heavy atom. The third kappa shape index (κ3) is 3.06. The van der Waals surface area contributed by atoms with E-state index in [1.807, 2.05) is 0 Å². The van der Waals surface area contributed by atoms with Crippen molar-refractivity contribution in [1.82, 2.24) is 0 Å². The molecule has 0 bridgehead atoms. The Hall–Kier alpha value is -1.57. The van der Waals surface area contributed by atoms with Crippen LogP contribution >= 0.6 is 11.6 Å². The smallest absolute Gasteiger partial charge is 0.295 e. The number of benzene rings is 1. The number of rotatable bonds is 4. The summed E-state index contributed by atoms with van der Waals surface area (Å²) in [5.74, 6) is -0.383. The maximum atomic E-state index is 13.2. The van der Waals surface area contributed by atoms with Crippen LogP contribution in [0.25, 0.3) is 0 Å². The van der Waals surface area contributed by atoms with Crippen molar-refractivity contribution < 1.29 is 17.2 Å². The zero-order chi connectivity index (χ0) is 14.0. The molecule has 2 rings (SSSR count). The first kappa shape index (κ1) is 13.9. The second-order valence-corrected chi connectivity index (χ2v) is 5.68. The van der Waals surface area contributed by atoms with Gasteiger partial charge in [0, 0.05) is 0 Å². The quantitative estimate of drug-likeness (QED) is 0.908. The van der Waals surface area contributed by atoms with Crippen LogP contribution in [0.2, 0.25) is 5.02 Å². The highest BCUT2D eigenvalue weighted by Crippen LogP contribution is 2.22. The third-order valence-electron chi connectivity index (χ3n) is 2.27. The van der Waals surface area contributed by atoms with Crippen molar-refractivity contribution in [2.24, 2.45) is 5.73 Å². The van der Waals surface area contributed by atoms with E-state index in [4.69, 9.17) is 21.8 Å². The highest BCUT2D eigenvalue weighted by atomic mass is 35.5. The average Bonchev–Trinajstić information content (AvgIpc) is 2.83. The zero-order valence-corrected chi connectivity index (χ0v) is 11.1. The van der Waals surface area contributed by atoms with E-state index in [2.05, 4.69) is 4.72 Å². The van der Waals surface area contributed by atoms with Gasteiger partial charge in [-0.2, -0.15) is 8.42 Å². The van der Waals surface area contributed by atoms with Gasteiger partial charge in [-0.3, -0.25) is 4.72 Å².